The number of rotatable bonds is 5. The average molecular weight is 632 g/mol. The number of pyridine rings is 3. The molecule has 2 N–H and O–H groups in total. The van der Waals surface area contributed by atoms with E-state index < -0.39 is 0 Å². The molecule has 2 aliphatic heterocycles. The lowest BCUT2D eigenvalue weighted by molar-refractivity contribution is -0.117. The fraction of sp³-hybridized carbons (Fsp3) is 0.216. The van der Waals surface area contributed by atoms with Crippen molar-refractivity contribution in [1.29, 1.82) is 0 Å². The predicted octanol–water partition coefficient (Wildman–Crippen LogP) is 6.44. The SMILES string of the molecule is Cc1cc(-c2cc3c(cc2Cc2ccccn2)CCC(=O)N3)cn(C)c1=O.O=C1CCc2cc(Cc3ccccn3)c(Cl)cc2N1. The van der Waals surface area contributed by atoms with Crippen molar-refractivity contribution in [3.05, 3.63) is 140 Å². The highest BCUT2D eigenvalue weighted by molar-refractivity contribution is 6.31. The molecule has 0 unspecified atom stereocenters. The first-order valence-electron chi connectivity index (χ1n) is 15.3. The summed E-state index contributed by atoms with van der Waals surface area (Å²) in [4.78, 5) is 44.1. The van der Waals surface area contributed by atoms with E-state index in [0.29, 0.717) is 36.3 Å². The number of amides is 2. The molecule has 0 saturated carbocycles. The van der Waals surface area contributed by atoms with Gasteiger partial charge in [-0.2, -0.15) is 0 Å². The van der Waals surface area contributed by atoms with Gasteiger partial charge in [-0.3, -0.25) is 24.4 Å². The van der Waals surface area contributed by atoms with Gasteiger partial charge in [-0.05, 0) is 95.6 Å². The van der Waals surface area contributed by atoms with Crippen molar-refractivity contribution in [3.8, 4) is 11.1 Å². The van der Waals surface area contributed by atoms with Crippen LogP contribution in [0.5, 0.6) is 0 Å². The van der Waals surface area contributed by atoms with Crippen LogP contribution in [-0.4, -0.2) is 26.3 Å². The maximum absolute atomic E-state index is 12.1. The smallest absolute Gasteiger partial charge is 0.253 e. The van der Waals surface area contributed by atoms with Gasteiger partial charge < -0.3 is 15.2 Å². The number of carbonyl (C=O) groups is 2. The Hall–Kier alpha value is -5.08. The number of aromatic nitrogens is 3. The molecule has 7 rings (SSSR count). The largest absolute Gasteiger partial charge is 0.326 e. The number of fused-ring (bicyclic) bond motifs is 2. The minimum atomic E-state index is -0.00344. The maximum atomic E-state index is 12.1. The monoisotopic (exact) mass is 631 g/mol. The third kappa shape index (κ3) is 7.08. The minimum Gasteiger partial charge on any atom is -0.326 e. The van der Waals surface area contributed by atoms with Gasteiger partial charge in [-0.15, -0.1) is 0 Å². The summed E-state index contributed by atoms with van der Waals surface area (Å²) in [6.45, 7) is 1.82. The lowest BCUT2D eigenvalue weighted by Gasteiger charge is -2.21. The van der Waals surface area contributed by atoms with Crippen LogP contribution in [0.2, 0.25) is 5.02 Å². The lowest BCUT2D eigenvalue weighted by atomic mass is 9.91. The highest BCUT2D eigenvalue weighted by Crippen LogP contribution is 2.34. The molecule has 2 aliphatic rings. The summed E-state index contributed by atoms with van der Waals surface area (Å²) < 4.78 is 1.60. The quantitative estimate of drug-likeness (QED) is 0.232. The molecule has 9 heteroatoms. The Morgan fingerprint density at radius 3 is 1.87 bits per heavy atom. The molecule has 3 aromatic heterocycles. The van der Waals surface area contributed by atoms with Crippen LogP contribution in [-0.2, 0) is 42.3 Å². The van der Waals surface area contributed by atoms with Gasteiger partial charge in [0.2, 0.25) is 11.8 Å². The third-order valence-electron chi connectivity index (χ3n) is 8.26. The van der Waals surface area contributed by atoms with Crippen molar-refractivity contribution in [2.75, 3.05) is 10.6 Å². The first-order chi connectivity index (χ1) is 22.2. The fourth-order valence-corrected chi connectivity index (χ4v) is 6.13. The Bertz CT molecular complexity index is 1960. The van der Waals surface area contributed by atoms with Crippen molar-refractivity contribution in [1.82, 2.24) is 14.5 Å². The summed E-state index contributed by atoms with van der Waals surface area (Å²) in [6.07, 6.45) is 9.39. The van der Waals surface area contributed by atoms with Crippen molar-refractivity contribution >= 4 is 34.8 Å². The molecular weight excluding hydrogens is 598 g/mol. The van der Waals surface area contributed by atoms with Crippen LogP contribution in [0.15, 0.2) is 90.1 Å². The number of carbonyl (C=O) groups excluding carboxylic acids is 2. The molecule has 2 aromatic carbocycles. The summed E-state index contributed by atoms with van der Waals surface area (Å²) in [5.41, 5.74) is 10.8. The van der Waals surface area contributed by atoms with Crippen molar-refractivity contribution in [2.24, 2.45) is 7.05 Å². The standard InChI is InChI=1S/C22H21N3O2.C15H13ClN2O/c1-14-9-17(13-25(2)22(14)27)19-12-20-15(6-7-21(26)24-20)10-16(19)11-18-5-3-4-8-23-18;16-13-9-14-10(4-5-15(19)18-14)7-11(13)8-12-3-1-2-6-17-12/h3-5,8-10,12-13H,6-7,11H2,1-2H3,(H,24,26);1-3,6-7,9H,4-5,8H2,(H,18,19). The van der Waals surface area contributed by atoms with Gasteiger partial charge in [0.05, 0.1) is 0 Å². The zero-order valence-electron chi connectivity index (χ0n) is 25.8. The topological polar surface area (TPSA) is 106 Å². The van der Waals surface area contributed by atoms with Gasteiger partial charge >= 0.3 is 0 Å². The van der Waals surface area contributed by atoms with E-state index in [1.165, 1.54) is 0 Å². The summed E-state index contributed by atoms with van der Waals surface area (Å²) in [5, 5.41) is 6.50. The summed E-state index contributed by atoms with van der Waals surface area (Å²) in [7, 11) is 1.76. The number of halogens is 1. The van der Waals surface area contributed by atoms with Gasteiger partial charge in [0.15, 0.2) is 0 Å². The van der Waals surface area contributed by atoms with Crippen LogP contribution >= 0.6 is 11.6 Å². The molecule has 0 spiro atoms. The van der Waals surface area contributed by atoms with Crippen LogP contribution < -0.4 is 16.2 Å². The molecule has 46 heavy (non-hydrogen) atoms. The molecule has 5 aromatic rings. The minimum absolute atomic E-state index is 0.00344. The number of aryl methyl sites for hydroxylation is 4. The van der Waals surface area contributed by atoms with Crippen molar-refractivity contribution in [3.63, 3.8) is 0 Å². The number of anilines is 2. The Balaban J connectivity index is 0.000000172. The van der Waals surface area contributed by atoms with Crippen LogP contribution in [0, 0.1) is 6.92 Å². The van der Waals surface area contributed by atoms with E-state index in [-0.39, 0.29) is 17.4 Å². The molecule has 2 amide bonds. The summed E-state index contributed by atoms with van der Waals surface area (Å²) in [6, 6.07) is 21.8. The van der Waals surface area contributed by atoms with E-state index in [0.717, 1.165) is 69.0 Å². The molecule has 0 saturated heterocycles. The van der Waals surface area contributed by atoms with Crippen molar-refractivity contribution < 1.29 is 9.59 Å². The second-order valence-corrected chi connectivity index (χ2v) is 12.1. The highest BCUT2D eigenvalue weighted by atomic mass is 35.5. The second kappa shape index (κ2) is 13.5. The number of benzene rings is 2. The van der Waals surface area contributed by atoms with Gasteiger partial charge in [0, 0.05) is 84.7 Å². The number of nitrogens with zero attached hydrogens (tertiary/aromatic N) is 3. The Morgan fingerprint density at radius 2 is 1.30 bits per heavy atom. The summed E-state index contributed by atoms with van der Waals surface area (Å²) >= 11 is 6.28. The molecule has 8 nitrogen and oxygen atoms in total. The molecule has 0 atom stereocenters. The van der Waals surface area contributed by atoms with Crippen molar-refractivity contribution in [2.45, 2.75) is 45.4 Å². The van der Waals surface area contributed by atoms with E-state index in [1.807, 2.05) is 67.7 Å². The zero-order chi connectivity index (χ0) is 32.2. The molecule has 232 valence electrons. The molecule has 0 radical (unpaired) electrons. The lowest BCUT2D eigenvalue weighted by Crippen LogP contribution is -2.20. The predicted molar refractivity (Wildman–Crippen MR) is 181 cm³/mol. The van der Waals surface area contributed by atoms with Gasteiger partial charge in [-0.1, -0.05) is 35.9 Å². The molecule has 0 fully saturated rings. The normalized spacial score (nSPS) is 13.5. The Labute approximate surface area is 272 Å². The Morgan fingerprint density at radius 1 is 0.739 bits per heavy atom. The van der Waals surface area contributed by atoms with E-state index >= 15 is 0 Å². The number of hydrogen-bond donors (Lipinski definition) is 2. The number of hydrogen-bond acceptors (Lipinski definition) is 5. The van der Waals surface area contributed by atoms with Crippen LogP contribution in [0.4, 0.5) is 11.4 Å². The van der Waals surface area contributed by atoms with Crippen LogP contribution in [0.1, 0.15) is 52.0 Å². The first-order valence-corrected chi connectivity index (χ1v) is 15.7. The van der Waals surface area contributed by atoms with Crippen LogP contribution in [0.3, 0.4) is 0 Å². The second-order valence-electron chi connectivity index (χ2n) is 11.7. The average Bonchev–Trinajstić information content (AvgIpc) is 3.05. The van der Waals surface area contributed by atoms with Crippen LogP contribution in [0.25, 0.3) is 11.1 Å². The fourth-order valence-electron chi connectivity index (χ4n) is 5.90. The Kier molecular flexibility index (Phi) is 9.08. The zero-order valence-corrected chi connectivity index (χ0v) is 26.5. The molecule has 0 aliphatic carbocycles. The van der Waals surface area contributed by atoms with E-state index in [4.69, 9.17) is 11.6 Å². The number of nitrogens with one attached hydrogen (secondary N) is 2. The van der Waals surface area contributed by atoms with Gasteiger partial charge in [0.25, 0.3) is 5.56 Å². The van der Waals surface area contributed by atoms with Gasteiger partial charge in [-0.25, -0.2) is 0 Å². The molecular formula is C37H34ClN5O3. The van der Waals surface area contributed by atoms with E-state index in [1.54, 1.807) is 24.0 Å². The first kappa shape index (κ1) is 30.9. The maximum Gasteiger partial charge on any atom is 0.253 e. The third-order valence-corrected chi connectivity index (χ3v) is 8.61. The summed E-state index contributed by atoms with van der Waals surface area (Å²) in [5.74, 6) is 0.101. The highest BCUT2D eigenvalue weighted by Gasteiger charge is 2.20. The molecule has 0 bridgehead atoms. The van der Waals surface area contributed by atoms with E-state index in [9.17, 15) is 14.4 Å². The van der Waals surface area contributed by atoms with E-state index in [2.05, 4.69) is 32.7 Å². The van der Waals surface area contributed by atoms with Gasteiger partial charge in [0.1, 0.15) is 0 Å². The molecule has 5 heterocycles.